The van der Waals surface area contributed by atoms with E-state index in [2.05, 4.69) is 0 Å². The van der Waals surface area contributed by atoms with E-state index in [9.17, 15) is 4.79 Å². The quantitative estimate of drug-likeness (QED) is 0.781. The van der Waals surface area contributed by atoms with Gasteiger partial charge in [-0.25, -0.2) is 0 Å². The number of carbonyl (C=O) groups excluding carboxylic acids is 1. The van der Waals surface area contributed by atoms with E-state index in [-0.39, 0.29) is 5.78 Å². The Hall–Kier alpha value is -2.00. The monoisotopic (exact) mass is 290 g/mol. The lowest BCUT2D eigenvalue weighted by Crippen LogP contribution is -2.02. The molecular formula is C16H15ClO3. The predicted molar refractivity (Wildman–Crippen MR) is 79.0 cm³/mol. The molecule has 0 aliphatic rings. The van der Waals surface area contributed by atoms with E-state index in [1.807, 2.05) is 13.0 Å². The van der Waals surface area contributed by atoms with Crippen molar-refractivity contribution in [2.24, 2.45) is 0 Å². The van der Waals surface area contributed by atoms with Gasteiger partial charge < -0.3 is 9.47 Å². The van der Waals surface area contributed by atoms with Crippen LogP contribution in [0.3, 0.4) is 0 Å². The van der Waals surface area contributed by atoms with Gasteiger partial charge in [0.1, 0.15) is 11.5 Å². The molecule has 3 nitrogen and oxygen atoms in total. The van der Waals surface area contributed by atoms with Gasteiger partial charge in [0, 0.05) is 11.1 Å². The Morgan fingerprint density at radius 2 is 1.90 bits per heavy atom. The second-order valence-corrected chi connectivity index (χ2v) is 4.55. The fourth-order valence-corrected chi connectivity index (χ4v) is 2.06. The normalized spacial score (nSPS) is 10.2. The second kappa shape index (κ2) is 6.44. The number of benzene rings is 2. The molecule has 2 aromatic carbocycles. The van der Waals surface area contributed by atoms with Crippen molar-refractivity contribution in [3.8, 4) is 11.5 Å². The van der Waals surface area contributed by atoms with Crippen LogP contribution in [0.2, 0.25) is 5.02 Å². The van der Waals surface area contributed by atoms with E-state index in [4.69, 9.17) is 21.1 Å². The number of rotatable bonds is 5. The molecule has 0 fully saturated rings. The van der Waals surface area contributed by atoms with Gasteiger partial charge in [-0.2, -0.15) is 0 Å². The van der Waals surface area contributed by atoms with Crippen LogP contribution in [0.1, 0.15) is 22.8 Å². The zero-order valence-electron chi connectivity index (χ0n) is 11.4. The van der Waals surface area contributed by atoms with Gasteiger partial charge in [0.25, 0.3) is 0 Å². The van der Waals surface area contributed by atoms with Crippen LogP contribution in [0.4, 0.5) is 0 Å². The lowest BCUT2D eigenvalue weighted by Gasteiger charge is -2.08. The molecule has 0 N–H and O–H groups in total. The number of halogens is 1. The largest absolute Gasteiger partial charge is 0.495 e. The summed E-state index contributed by atoms with van der Waals surface area (Å²) in [5.41, 5.74) is 1.10. The molecule has 0 bridgehead atoms. The van der Waals surface area contributed by atoms with E-state index >= 15 is 0 Å². The van der Waals surface area contributed by atoms with Crippen molar-refractivity contribution in [2.45, 2.75) is 6.92 Å². The smallest absolute Gasteiger partial charge is 0.193 e. The minimum absolute atomic E-state index is 0.0958. The molecule has 0 spiro atoms. The van der Waals surface area contributed by atoms with E-state index in [0.717, 1.165) is 0 Å². The lowest BCUT2D eigenvalue weighted by atomic mass is 10.0. The molecule has 0 radical (unpaired) electrons. The molecular weight excluding hydrogens is 276 g/mol. The average Bonchev–Trinajstić information content (AvgIpc) is 2.48. The zero-order chi connectivity index (χ0) is 14.5. The van der Waals surface area contributed by atoms with Crippen molar-refractivity contribution in [1.82, 2.24) is 0 Å². The van der Waals surface area contributed by atoms with Crippen molar-refractivity contribution in [2.75, 3.05) is 13.7 Å². The molecule has 2 rings (SSSR count). The van der Waals surface area contributed by atoms with Crippen molar-refractivity contribution >= 4 is 17.4 Å². The highest BCUT2D eigenvalue weighted by molar-refractivity contribution is 6.32. The first kappa shape index (κ1) is 14.4. The standard InChI is InChI=1S/C16H15ClO3/c1-3-20-13-6-4-5-11(9-13)16(18)12-7-8-14(17)15(10-12)19-2/h4-10H,3H2,1-2H3. The summed E-state index contributed by atoms with van der Waals surface area (Å²) in [6.45, 7) is 2.46. The van der Waals surface area contributed by atoms with Crippen LogP contribution >= 0.6 is 11.6 Å². The Balaban J connectivity index is 2.33. The van der Waals surface area contributed by atoms with Gasteiger partial charge in [-0.3, -0.25) is 4.79 Å². The van der Waals surface area contributed by atoms with E-state index in [1.165, 1.54) is 7.11 Å². The highest BCUT2D eigenvalue weighted by Gasteiger charge is 2.12. The van der Waals surface area contributed by atoms with E-state index in [1.54, 1.807) is 36.4 Å². The fourth-order valence-electron chi connectivity index (χ4n) is 1.86. The third-order valence-corrected chi connectivity index (χ3v) is 3.13. The third-order valence-electron chi connectivity index (χ3n) is 2.82. The van der Waals surface area contributed by atoms with Gasteiger partial charge in [0.05, 0.1) is 18.7 Å². The molecule has 0 heterocycles. The highest BCUT2D eigenvalue weighted by atomic mass is 35.5. The number of ether oxygens (including phenoxy) is 2. The lowest BCUT2D eigenvalue weighted by molar-refractivity contribution is 0.103. The average molecular weight is 291 g/mol. The van der Waals surface area contributed by atoms with E-state index < -0.39 is 0 Å². The Morgan fingerprint density at radius 1 is 1.15 bits per heavy atom. The van der Waals surface area contributed by atoms with Gasteiger partial charge in [-0.05, 0) is 37.3 Å². The molecule has 2 aromatic rings. The predicted octanol–water partition coefficient (Wildman–Crippen LogP) is 3.98. The summed E-state index contributed by atoms with van der Waals surface area (Å²) in [5, 5.41) is 0.479. The number of ketones is 1. The van der Waals surface area contributed by atoms with Crippen LogP contribution in [0.25, 0.3) is 0 Å². The maximum atomic E-state index is 12.4. The minimum Gasteiger partial charge on any atom is -0.495 e. The number of carbonyl (C=O) groups is 1. The Bertz CT molecular complexity index is 623. The maximum absolute atomic E-state index is 12.4. The highest BCUT2D eigenvalue weighted by Crippen LogP contribution is 2.26. The molecule has 104 valence electrons. The summed E-state index contributed by atoms with van der Waals surface area (Å²) in [6.07, 6.45) is 0. The summed E-state index contributed by atoms with van der Waals surface area (Å²) in [6, 6.07) is 12.1. The van der Waals surface area contributed by atoms with Gasteiger partial charge >= 0.3 is 0 Å². The summed E-state index contributed by atoms with van der Waals surface area (Å²) >= 11 is 5.96. The summed E-state index contributed by atoms with van der Waals surface area (Å²) in [7, 11) is 1.52. The number of hydrogen-bond donors (Lipinski definition) is 0. The molecule has 0 aliphatic carbocycles. The van der Waals surface area contributed by atoms with Crippen LogP contribution in [-0.2, 0) is 0 Å². The Labute approximate surface area is 123 Å². The first-order valence-corrected chi connectivity index (χ1v) is 6.64. The minimum atomic E-state index is -0.0958. The van der Waals surface area contributed by atoms with Crippen LogP contribution in [0, 0.1) is 0 Å². The second-order valence-electron chi connectivity index (χ2n) is 4.14. The van der Waals surface area contributed by atoms with Crippen LogP contribution in [0.15, 0.2) is 42.5 Å². The van der Waals surface area contributed by atoms with Gasteiger partial charge in [0.15, 0.2) is 5.78 Å². The topological polar surface area (TPSA) is 35.5 Å². The van der Waals surface area contributed by atoms with Crippen LogP contribution in [0.5, 0.6) is 11.5 Å². The van der Waals surface area contributed by atoms with Crippen molar-refractivity contribution < 1.29 is 14.3 Å². The first-order chi connectivity index (χ1) is 9.65. The third kappa shape index (κ3) is 3.11. The van der Waals surface area contributed by atoms with Crippen molar-refractivity contribution in [3.05, 3.63) is 58.6 Å². The SMILES string of the molecule is CCOc1cccc(C(=O)c2ccc(Cl)c(OC)c2)c1. The molecule has 0 saturated heterocycles. The van der Waals surface area contributed by atoms with Gasteiger partial charge in [0.2, 0.25) is 0 Å². The van der Waals surface area contributed by atoms with Gasteiger partial charge in [-0.15, -0.1) is 0 Å². The molecule has 4 heteroatoms. The fraction of sp³-hybridized carbons (Fsp3) is 0.188. The molecule has 0 aromatic heterocycles. The summed E-state index contributed by atoms with van der Waals surface area (Å²) in [5.74, 6) is 1.07. The summed E-state index contributed by atoms with van der Waals surface area (Å²) in [4.78, 5) is 12.4. The van der Waals surface area contributed by atoms with Crippen LogP contribution < -0.4 is 9.47 Å². The Kier molecular flexibility index (Phi) is 4.64. The zero-order valence-corrected chi connectivity index (χ0v) is 12.1. The van der Waals surface area contributed by atoms with E-state index in [0.29, 0.717) is 34.3 Å². The molecule has 0 unspecified atom stereocenters. The van der Waals surface area contributed by atoms with Crippen molar-refractivity contribution in [1.29, 1.82) is 0 Å². The molecule has 20 heavy (non-hydrogen) atoms. The van der Waals surface area contributed by atoms with Gasteiger partial charge in [-0.1, -0.05) is 23.7 Å². The summed E-state index contributed by atoms with van der Waals surface area (Å²) < 4.78 is 10.5. The number of hydrogen-bond acceptors (Lipinski definition) is 3. The van der Waals surface area contributed by atoms with Crippen LogP contribution in [-0.4, -0.2) is 19.5 Å². The molecule has 0 aliphatic heterocycles. The molecule has 0 saturated carbocycles. The number of methoxy groups -OCH3 is 1. The maximum Gasteiger partial charge on any atom is 0.193 e. The van der Waals surface area contributed by atoms with Crippen molar-refractivity contribution in [3.63, 3.8) is 0 Å². The Morgan fingerprint density at radius 3 is 2.60 bits per heavy atom. The first-order valence-electron chi connectivity index (χ1n) is 6.26. The molecule has 0 atom stereocenters. The molecule has 0 amide bonds.